The predicted octanol–water partition coefficient (Wildman–Crippen LogP) is 4.57. The Hall–Kier alpha value is -4.45. The van der Waals surface area contributed by atoms with E-state index in [0.29, 0.717) is 11.1 Å². The van der Waals surface area contributed by atoms with Crippen molar-refractivity contribution in [1.82, 2.24) is 9.88 Å². The van der Waals surface area contributed by atoms with Crippen LogP contribution in [0.4, 0.5) is 0 Å². The highest BCUT2D eigenvalue weighted by atomic mass is 35.5. The first kappa shape index (κ1) is 29.1. The second-order valence-corrected chi connectivity index (χ2v) is 12.3. The maximum absolute atomic E-state index is 13.3. The molecular weight excluding hydrogens is 607 g/mol. The SMILES string of the molecule is CS(=O)(=O)c1cccc(CC(NC(=O)c2c(Cl)cc3c(=O)n(C(=O)c4ccc5ccoc5c4)ccc3c2Cl)C(=O)O)c1. The van der Waals surface area contributed by atoms with Gasteiger partial charge in [0, 0.05) is 35.2 Å². The standard InChI is InChI=1S/C29H20Cl2N2O8S/c1-42(39,40)18-4-2-3-15(11-18)12-22(29(37)38)32-26(34)24-21(30)14-20-19(25(24)31)7-9-33(28(20)36)27(35)17-6-5-16-8-10-41-23(16)13-17/h2-11,13-14,22H,12H2,1H3,(H,32,34)(H,37,38). The largest absolute Gasteiger partial charge is 0.480 e. The van der Waals surface area contributed by atoms with Crippen LogP contribution in [-0.2, 0) is 21.1 Å². The third-order valence-corrected chi connectivity index (χ3v) is 8.42. The Kier molecular flexibility index (Phi) is 7.67. The monoisotopic (exact) mass is 626 g/mol. The molecule has 0 spiro atoms. The van der Waals surface area contributed by atoms with Gasteiger partial charge in [-0.3, -0.25) is 14.4 Å². The van der Waals surface area contributed by atoms with E-state index >= 15 is 0 Å². The number of amides is 1. The summed E-state index contributed by atoms with van der Waals surface area (Å²) in [4.78, 5) is 51.6. The number of halogens is 2. The first-order valence-electron chi connectivity index (χ1n) is 12.2. The molecule has 0 bridgehead atoms. The second-order valence-electron chi connectivity index (χ2n) is 9.47. The number of pyridine rings is 1. The minimum atomic E-state index is -3.54. The van der Waals surface area contributed by atoms with Gasteiger partial charge in [0.1, 0.15) is 11.6 Å². The van der Waals surface area contributed by atoms with Crippen molar-refractivity contribution in [2.24, 2.45) is 0 Å². The Morgan fingerprint density at radius 1 is 1.02 bits per heavy atom. The van der Waals surface area contributed by atoms with Gasteiger partial charge in [-0.05, 0) is 48.0 Å². The minimum Gasteiger partial charge on any atom is -0.480 e. The Labute approximate surface area is 248 Å². The van der Waals surface area contributed by atoms with Gasteiger partial charge in [-0.2, -0.15) is 0 Å². The molecule has 0 saturated carbocycles. The molecule has 0 saturated heterocycles. The summed E-state index contributed by atoms with van der Waals surface area (Å²) in [5.74, 6) is -2.93. The van der Waals surface area contributed by atoms with Gasteiger partial charge in [-0.1, -0.05) is 41.4 Å². The topological polar surface area (TPSA) is 153 Å². The number of hydrogen-bond donors (Lipinski definition) is 2. The van der Waals surface area contributed by atoms with Crippen LogP contribution in [0.5, 0.6) is 0 Å². The number of carbonyl (C=O) groups is 3. The highest BCUT2D eigenvalue weighted by Gasteiger charge is 2.26. The van der Waals surface area contributed by atoms with E-state index in [1.165, 1.54) is 54.9 Å². The van der Waals surface area contributed by atoms with E-state index in [9.17, 15) is 32.7 Å². The van der Waals surface area contributed by atoms with E-state index in [-0.39, 0.29) is 43.3 Å². The van der Waals surface area contributed by atoms with E-state index in [1.54, 1.807) is 18.2 Å². The summed E-state index contributed by atoms with van der Waals surface area (Å²) in [5.41, 5.74) is 0.0292. The van der Waals surface area contributed by atoms with Gasteiger partial charge < -0.3 is 14.8 Å². The van der Waals surface area contributed by atoms with Crippen molar-refractivity contribution in [3.05, 3.63) is 110 Å². The van der Waals surface area contributed by atoms with E-state index in [0.717, 1.165) is 16.2 Å². The molecule has 0 aliphatic carbocycles. The Morgan fingerprint density at radius 2 is 1.79 bits per heavy atom. The van der Waals surface area contributed by atoms with Gasteiger partial charge in [0.15, 0.2) is 9.84 Å². The zero-order valence-corrected chi connectivity index (χ0v) is 24.0. The van der Waals surface area contributed by atoms with Crippen LogP contribution in [0, 0.1) is 0 Å². The number of carbonyl (C=O) groups excluding carboxylic acids is 2. The fourth-order valence-electron chi connectivity index (χ4n) is 4.49. The van der Waals surface area contributed by atoms with Crippen molar-refractivity contribution in [1.29, 1.82) is 0 Å². The molecule has 5 rings (SSSR count). The van der Waals surface area contributed by atoms with Crippen LogP contribution < -0.4 is 10.9 Å². The number of aliphatic carboxylic acids is 1. The van der Waals surface area contributed by atoms with Gasteiger partial charge in [0.25, 0.3) is 17.4 Å². The Morgan fingerprint density at radius 3 is 2.50 bits per heavy atom. The van der Waals surface area contributed by atoms with Gasteiger partial charge >= 0.3 is 5.97 Å². The molecule has 2 N–H and O–H groups in total. The Balaban J connectivity index is 1.46. The summed E-state index contributed by atoms with van der Waals surface area (Å²) >= 11 is 12.9. The number of carboxylic acids is 1. The second kappa shape index (κ2) is 11.1. The minimum absolute atomic E-state index is 0.00161. The van der Waals surface area contributed by atoms with E-state index in [1.807, 2.05) is 0 Å². The molecule has 0 aliphatic rings. The highest BCUT2D eigenvalue weighted by Crippen LogP contribution is 2.32. The molecule has 42 heavy (non-hydrogen) atoms. The number of nitrogens with zero attached hydrogens (tertiary/aromatic N) is 1. The molecule has 214 valence electrons. The lowest BCUT2D eigenvalue weighted by atomic mass is 10.0. The predicted molar refractivity (Wildman–Crippen MR) is 156 cm³/mol. The van der Waals surface area contributed by atoms with Crippen LogP contribution in [0.3, 0.4) is 0 Å². The van der Waals surface area contributed by atoms with E-state index in [2.05, 4.69) is 5.32 Å². The van der Waals surface area contributed by atoms with Crippen molar-refractivity contribution in [3.63, 3.8) is 0 Å². The number of aromatic nitrogens is 1. The third kappa shape index (κ3) is 5.54. The van der Waals surface area contributed by atoms with Crippen LogP contribution >= 0.6 is 23.2 Å². The van der Waals surface area contributed by atoms with Crippen molar-refractivity contribution >= 4 is 72.6 Å². The molecule has 2 aromatic heterocycles. The van der Waals surface area contributed by atoms with Gasteiger partial charge in [0.05, 0.1) is 32.2 Å². The molecule has 10 nitrogen and oxygen atoms in total. The molecule has 1 amide bonds. The molecule has 5 aromatic rings. The molecule has 1 atom stereocenters. The summed E-state index contributed by atoms with van der Waals surface area (Å²) in [5, 5.41) is 12.5. The van der Waals surface area contributed by atoms with Crippen LogP contribution in [0.25, 0.3) is 21.7 Å². The zero-order valence-electron chi connectivity index (χ0n) is 21.6. The smallest absolute Gasteiger partial charge is 0.326 e. The summed E-state index contributed by atoms with van der Waals surface area (Å²) in [6.07, 6.45) is 3.49. The van der Waals surface area contributed by atoms with Crippen molar-refractivity contribution in [2.45, 2.75) is 17.4 Å². The van der Waals surface area contributed by atoms with Crippen LogP contribution in [0.15, 0.2) is 87.2 Å². The lowest BCUT2D eigenvalue weighted by Crippen LogP contribution is -2.42. The van der Waals surface area contributed by atoms with Crippen LogP contribution in [-0.4, -0.2) is 48.2 Å². The summed E-state index contributed by atoms with van der Waals surface area (Å²) in [6, 6.07) is 13.3. The van der Waals surface area contributed by atoms with E-state index in [4.69, 9.17) is 27.6 Å². The van der Waals surface area contributed by atoms with Crippen LogP contribution in [0.1, 0.15) is 26.3 Å². The van der Waals surface area contributed by atoms with Gasteiger partial charge in [-0.25, -0.2) is 17.8 Å². The number of rotatable bonds is 7. The lowest BCUT2D eigenvalue weighted by Gasteiger charge is -2.17. The number of nitrogens with one attached hydrogen (secondary N) is 1. The average Bonchev–Trinajstić information content (AvgIpc) is 3.41. The molecule has 13 heteroatoms. The molecule has 2 heterocycles. The first-order valence-corrected chi connectivity index (χ1v) is 14.9. The first-order chi connectivity index (χ1) is 19.8. The van der Waals surface area contributed by atoms with Crippen molar-refractivity contribution in [3.8, 4) is 0 Å². The van der Waals surface area contributed by atoms with Gasteiger partial charge in [-0.15, -0.1) is 0 Å². The molecule has 0 radical (unpaired) electrons. The number of furan rings is 1. The lowest BCUT2D eigenvalue weighted by molar-refractivity contribution is -0.139. The number of hydrogen-bond acceptors (Lipinski definition) is 7. The van der Waals surface area contributed by atoms with Crippen LogP contribution in [0.2, 0.25) is 10.0 Å². The average molecular weight is 627 g/mol. The fraction of sp³-hybridized carbons (Fsp3) is 0.103. The van der Waals surface area contributed by atoms with Crippen molar-refractivity contribution in [2.75, 3.05) is 6.26 Å². The third-order valence-electron chi connectivity index (χ3n) is 6.61. The normalized spacial score (nSPS) is 12.4. The number of carboxylic acid groups (broad SMARTS) is 1. The van der Waals surface area contributed by atoms with Crippen molar-refractivity contribution < 1.29 is 32.3 Å². The highest BCUT2D eigenvalue weighted by molar-refractivity contribution is 7.90. The molecule has 0 fully saturated rings. The molecular formula is C29H20Cl2N2O8S. The zero-order chi connectivity index (χ0) is 30.3. The quantitative estimate of drug-likeness (QED) is 0.266. The number of sulfone groups is 1. The molecule has 1 unspecified atom stereocenters. The molecule has 0 aliphatic heterocycles. The Bertz CT molecular complexity index is 2100. The summed E-state index contributed by atoms with van der Waals surface area (Å²) in [7, 11) is -3.54. The number of fused-ring (bicyclic) bond motifs is 2. The molecule has 3 aromatic carbocycles. The fourth-order valence-corrected chi connectivity index (χ4v) is 5.87. The van der Waals surface area contributed by atoms with E-state index < -0.39 is 39.2 Å². The number of benzene rings is 3. The summed E-state index contributed by atoms with van der Waals surface area (Å²) < 4.78 is 30.0. The maximum atomic E-state index is 13.3. The summed E-state index contributed by atoms with van der Waals surface area (Å²) in [6.45, 7) is 0. The van der Waals surface area contributed by atoms with Gasteiger partial charge in [0.2, 0.25) is 0 Å². The maximum Gasteiger partial charge on any atom is 0.326 e.